The van der Waals surface area contributed by atoms with Gasteiger partial charge in [-0.15, -0.1) is 5.10 Å². The summed E-state index contributed by atoms with van der Waals surface area (Å²) in [6.45, 7) is 6.78. The summed E-state index contributed by atoms with van der Waals surface area (Å²) in [6, 6.07) is 6.06. The van der Waals surface area contributed by atoms with Crippen LogP contribution in [0.4, 0.5) is 0 Å². The van der Waals surface area contributed by atoms with Gasteiger partial charge in [0.05, 0.1) is 6.54 Å². The molecule has 0 bridgehead atoms. The first-order valence-electron chi connectivity index (χ1n) is 7.54. The molecule has 2 heterocycles. The number of carbonyl (C=O) groups excluding carboxylic acids is 2. The van der Waals surface area contributed by atoms with Crippen LogP contribution in [0.1, 0.15) is 44.6 Å². The van der Waals surface area contributed by atoms with E-state index >= 15 is 0 Å². The molecule has 1 aliphatic heterocycles. The van der Waals surface area contributed by atoms with Gasteiger partial charge in [-0.1, -0.05) is 29.0 Å². The molecular formula is C16H19N5O2. The Balaban J connectivity index is 1.77. The predicted molar refractivity (Wildman–Crippen MR) is 84.0 cm³/mol. The van der Waals surface area contributed by atoms with Crippen molar-refractivity contribution in [1.82, 2.24) is 25.6 Å². The fourth-order valence-corrected chi connectivity index (χ4v) is 2.67. The Labute approximate surface area is 134 Å². The first-order valence-corrected chi connectivity index (χ1v) is 7.54. The Bertz CT molecular complexity index is 781. The highest BCUT2D eigenvalue weighted by Crippen LogP contribution is 2.13. The maximum atomic E-state index is 12.4. The Kier molecular flexibility index (Phi) is 3.85. The number of fused-ring (bicyclic) bond motifs is 1. The molecule has 23 heavy (non-hydrogen) atoms. The van der Waals surface area contributed by atoms with Gasteiger partial charge in [0.1, 0.15) is 0 Å². The first kappa shape index (κ1) is 15.2. The van der Waals surface area contributed by atoms with Crippen LogP contribution in [0.2, 0.25) is 0 Å². The summed E-state index contributed by atoms with van der Waals surface area (Å²) in [5.41, 5.74) is 3.57. The SMILES string of the molecule is Cc1ccc(C)c(CNC(=O)c2nnn3c2C(=O)N[C@@H](C)C3)c1. The van der Waals surface area contributed by atoms with Crippen molar-refractivity contribution < 1.29 is 9.59 Å². The maximum Gasteiger partial charge on any atom is 0.274 e. The molecule has 1 aliphatic rings. The van der Waals surface area contributed by atoms with Crippen LogP contribution in [0.25, 0.3) is 0 Å². The van der Waals surface area contributed by atoms with Crippen LogP contribution in [-0.2, 0) is 13.1 Å². The third kappa shape index (κ3) is 2.94. The van der Waals surface area contributed by atoms with Gasteiger partial charge in [-0.3, -0.25) is 9.59 Å². The van der Waals surface area contributed by atoms with E-state index in [4.69, 9.17) is 0 Å². The smallest absolute Gasteiger partial charge is 0.274 e. The number of benzene rings is 1. The number of nitrogens with zero attached hydrogens (tertiary/aromatic N) is 3. The van der Waals surface area contributed by atoms with Crippen LogP contribution < -0.4 is 10.6 Å². The topological polar surface area (TPSA) is 88.9 Å². The van der Waals surface area contributed by atoms with E-state index in [0.717, 1.165) is 16.7 Å². The molecule has 2 aromatic rings. The van der Waals surface area contributed by atoms with Gasteiger partial charge in [0, 0.05) is 12.6 Å². The monoisotopic (exact) mass is 313 g/mol. The zero-order chi connectivity index (χ0) is 16.6. The van der Waals surface area contributed by atoms with Crippen molar-refractivity contribution in [2.24, 2.45) is 0 Å². The molecule has 2 amide bonds. The van der Waals surface area contributed by atoms with Crippen LogP contribution in [0.5, 0.6) is 0 Å². The van der Waals surface area contributed by atoms with E-state index in [9.17, 15) is 9.59 Å². The largest absolute Gasteiger partial charge is 0.346 e. The zero-order valence-electron chi connectivity index (χ0n) is 13.4. The summed E-state index contributed by atoms with van der Waals surface area (Å²) in [5, 5.41) is 13.4. The summed E-state index contributed by atoms with van der Waals surface area (Å²) < 4.78 is 1.48. The molecule has 0 spiro atoms. The number of carbonyl (C=O) groups is 2. The van der Waals surface area contributed by atoms with Crippen LogP contribution >= 0.6 is 0 Å². The fourth-order valence-electron chi connectivity index (χ4n) is 2.67. The molecule has 120 valence electrons. The van der Waals surface area contributed by atoms with Gasteiger partial charge >= 0.3 is 0 Å². The van der Waals surface area contributed by atoms with E-state index in [2.05, 4.69) is 20.9 Å². The third-order valence-electron chi connectivity index (χ3n) is 3.93. The molecule has 2 N–H and O–H groups in total. The van der Waals surface area contributed by atoms with E-state index in [0.29, 0.717) is 13.1 Å². The Hall–Kier alpha value is -2.70. The molecule has 1 aromatic carbocycles. The number of amides is 2. The van der Waals surface area contributed by atoms with E-state index in [-0.39, 0.29) is 23.3 Å². The quantitative estimate of drug-likeness (QED) is 0.883. The lowest BCUT2D eigenvalue weighted by atomic mass is 10.1. The minimum absolute atomic E-state index is 0.0254. The van der Waals surface area contributed by atoms with Crippen molar-refractivity contribution in [2.75, 3.05) is 0 Å². The van der Waals surface area contributed by atoms with Crippen molar-refractivity contribution in [3.8, 4) is 0 Å². The van der Waals surface area contributed by atoms with E-state index in [1.54, 1.807) is 0 Å². The molecular weight excluding hydrogens is 294 g/mol. The molecule has 0 saturated carbocycles. The van der Waals surface area contributed by atoms with Crippen LogP contribution in [0.15, 0.2) is 18.2 Å². The lowest BCUT2D eigenvalue weighted by molar-refractivity contribution is 0.0880. The maximum absolute atomic E-state index is 12.4. The van der Waals surface area contributed by atoms with Gasteiger partial charge in [0.2, 0.25) is 0 Å². The minimum Gasteiger partial charge on any atom is -0.346 e. The molecule has 0 radical (unpaired) electrons. The third-order valence-corrected chi connectivity index (χ3v) is 3.93. The molecule has 0 fully saturated rings. The second-order valence-electron chi connectivity index (χ2n) is 5.96. The Morgan fingerprint density at radius 3 is 3.00 bits per heavy atom. The van der Waals surface area contributed by atoms with Gasteiger partial charge in [-0.2, -0.15) is 0 Å². The van der Waals surface area contributed by atoms with Crippen molar-refractivity contribution >= 4 is 11.8 Å². The van der Waals surface area contributed by atoms with Crippen molar-refractivity contribution in [1.29, 1.82) is 0 Å². The number of aryl methyl sites for hydroxylation is 2. The van der Waals surface area contributed by atoms with Crippen molar-refractivity contribution in [3.63, 3.8) is 0 Å². The Morgan fingerprint density at radius 2 is 2.22 bits per heavy atom. The van der Waals surface area contributed by atoms with Crippen LogP contribution in [0, 0.1) is 13.8 Å². The summed E-state index contributed by atoms with van der Waals surface area (Å²) in [4.78, 5) is 24.4. The molecule has 7 heteroatoms. The highest BCUT2D eigenvalue weighted by molar-refractivity contribution is 6.05. The molecule has 0 aliphatic carbocycles. The number of hydrogen-bond acceptors (Lipinski definition) is 4. The van der Waals surface area contributed by atoms with E-state index < -0.39 is 5.91 Å². The lowest BCUT2D eigenvalue weighted by Gasteiger charge is -2.20. The number of nitrogens with one attached hydrogen (secondary N) is 2. The van der Waals surface area contributed by atoms with E-state index in [1.807, 2.05) is 39.0 Å². The highest BCUT2D eigenvalue weighted by Gasteiger charge is 2.30. The molecule has 0 unspecified atom stereocenters. The minimum atomic E-state index is -0.392. The van der Waals surface area contributed by atoms with Gasteiger partial charge in [0.25, 0.3) is 11.8 Å². The van der Waals surface area contributed by atoms with Crippen LogP contribution in [-0.4, -0.2) is 32.9 Å². The zero-order valence-corrected chi connectivity index (χ0v) is 13.4. The fraction of sp³-hybridized carbons (Fsp3) is 0.375. The first-order chi connectivity index (χ1) is 11.0. The average Bonchev–Trinajstić information content (AvgIpc) is 2.92. The molecule has 3 rings (SSSR count). The van der Waals surface area contributed by atoms with Crippen molar-refractivity contribution in [2.45, 2.75) is 39.9 Å². The molecule has 1 atom stereocenters. The van der Waals surface area contributed by atoms with Gasteiger partial charge in [0.15, 0.2) is 11.4 Å². The average molecular weight is 313 g/mol. The van der Waals surface area contributed by atoms with Gasteiger partial charge < -0.3 is 10.6 Å². The van der Waals surface area contributed by atoms with Crippen molar-refractivity contribution in [3.05, 3.63) is 46.3 Å². The summed E-state index contributed by atoms with van der Waals surface area (Å²) in [6.07, 6.45) is 0. The van der Waals surface area contributed by atoms with Gasteiger partial charge in [-0.05, 0) is 31.9 Å². The van der Waals surface area contributed by atoms with Gasteiger partial charge in [-0.25, -0.2) is 4.68 Å². The standard InChI is InChI=1S/C16H19N5O2/c1-9-4-5-10(2)12(6-9)7-17-15(22)13-14-16(23)18-11(3)8-21(14)20-19-13/h4-6,11H,7-8H2,1-3H3,(H,17,22)(H,18,23)/t11-/m0/s1. The number of aromatic nitrogens is 3. The highest BCUT2D eigenvalue weighted by atomic mass is 16.2. The summed E-state index contributed by atoms with van der Waals surface area (Å²) in [7, 11) is 0. The Morgan fingerprint density at radius 1 is 1.43 bits per heavy atom. The predicted octanol–water partition coefficient (Wildman–Crippen LogP) is 0.957. The normalized spacial score (nSPS) is 16.7. The molecule has 1 aromatic heterocycles. The lowest BCUT2D eigenvalue weighted by Crippen LogP contribution is -2.43. The molecule has 0 saturated heterocycles. The summed E-state index contributed by atoms with van der Waals surface area (Å²) in [5.74, 6) is -0.706. The van der Waals surface area contributed by atoms with E-state index in [1.165, 1.54) is 4.68 Å². The second-order valence-corrected chi connectivity index (χ2v) is 5.96. The van der Waals surface area contributed by atoms with Crippen LogP contribution in [0.3, 0.4) is 0 Å². The summed E-state index contributed by atoms with van der Waals surface area (Å²) >= 11 is 0. The number of hydrogen-bond donors (Lipinski definition) is 2. The second kappa shape index (κ2) is 5.83. The number of rotatable bonds is 3. The molecule has 7 nitrogen and oxygen atoms in total.